The molecule has 1 fully saturated rings. The van der Waals surface area contributed by atoms with E-state index in [1.807, 2.05) is 0 Å². The van der Waals surface area contributed by atoms with E-state index in [0.29, 0.717) is 5.41 Å². The standard InChI is InChI=1S/C14H30N2.ClH/c1-13(2,3)11-14(4,5)16-10-12-7-6-8-15-9-12;/h12,15-16H,6-11H2,1-5H3;1H. The summed E-state index contributed by atoms with van der Waals surface area (Å²) in [5, 5.41) is 7.22. The van der Waals surface area contributed by atoms with Gasteiger partial charge in [0.05, 0.1) is 0 Å². The number of halogens is 1. The van der Waals surface area contributed by atoms with Gasteiger partial charge in [0.15, 0.2) is 0 Å². The molecule has 3 heteroatoms. The number of rotatable bonds is 4. The SMILES string of the molecule is CC(C)(C)CC(C)(C)NCC1CCCNC1.Cl. The maximum atomic E-state index is 3.75. The fraction of sp³-hybridized carbons (Fsp3) is 1.00. The summed E-state index contributed by atoms with van der Waals surface area (Å²) in [5.74, 6) is 0.827. The Hall–Kier alpha value is 0.210. The van der Waals surface area contributed by atoms with E-state index < -0.39 is 0 Å². The molecule has 1 atom stereocenters. The molecule has 17 heavy (non-hydrogen) atoms. The van der Waals surface area contributed by atoms with Gasteiger partial charge in [0, 0.05) is 5.54 Å². The molecule has 0 aliphatic carbocycles. The van der Waals surface area contributed by atoms with Crippen molar-refractivity contribution in [3.8, 4) is 0 Å². The molecule has 0 aromatic heterocycles. The number of piperidine rings is 1. The van der Waals surface area contributed by atoms with Crippen molar-refractivity contribution in [2.75, 3.05) is 19.6 Å². The molecule has 0 aromatic rings. The summed E-state index contributed by atoms with van der Waals surface area (Å²) in [6.07, 6.45) is 3.94. The molecule has 0 saturated carbocycles. The van der Waals surface area contributed by atoms with E-state index >= 15 is 0 Å². The first kappa shape index (κ1) is 17.2. The summed E-state index contributed by atoms with van der Waals surface area (Å²) in [6, 6.07) is 0. The molecule has 0 spiro atoms. The van der Waals surface area contributed by atoms with Crippen molar-refractivity contribution in [2.45, 2.75) is 59.4 Å². The lowest BCUT2D eigenvalue weighted by molar-refractivity contribution is 0.224. The van der Waals surface area contributed by atoms with Gasteiger partial charge in [-0.1, -0.05) is 20.8 Å². The van der Waals surface area contributed by atoms with Crippen molar-refractivity contribution in [1.82, 2.24) is 10.6 Å². The zero-order chi connectivity index (χ0) is 12.2. The quantitative estimate of drug-likeness (QED) is 0.813. The van der Waals surface area contributed by atoms with Crippen LogP contribution in [-0.4, -0.2) is 25.2 Å². The minimum Gasteiger partial charge on any atom is -0.316 e. The molecule has 2 N–H and O–H groups in total. The molecule has 0 bridgehead atoms. The predicted octanol–water partition coefficient (Wildman–Crippen LogP) is 3.21. The zero-order valence-corrected chi connectivity index (χ0v) is 13.0. The molecular formula is C14H31ClN2. The highest BCUT2D eigenvalue weighted by Gasteiger charge is 2.26. The van der Waals surface area contributed by atoms with Crippen LogP contribution < -0.4 is 10.6 Å². The van der Waals surface area contributed by atoms with Gasteiger partial charge in [0.25, 0.3) is 0 Å². The van der Waals surface area contributed by atoms with E-state index in [1.54, 1.807) is 0 Å². The first-order valence-electron chi connectivity index (χ1n) is 6.74. The first-order chi connectivity index (χ1) is 7.29. The maximum Gasteiger partial charge on any atom is 0.0130 e. The fourth-order valence-corrected chi connectivity index (χ4v) is 2.91. The van der Waals surface area contributed by atoms with Gasteiger partial charge in [-0.3, -0.25) is 0 Å². The Balaban J connectivity index is 0.00000256. The minimum absolute atomic E-state index is 0. The molecule has 0 amide bonds. The van der Waals surface area contributed by atoms with Crippen molar-refractivity contribution >= 4 is 12.4 Å². The largest absolute Gasteiger partial charge is 0.316 e. The van der Waals surface area contributed by atoms with Crippen molar-refractivity contribution < 1.29 is 0 Å². The number of hydrogen-bond acceptors (Lipinski definition) is 2. The molecule has 2 nitrogen and oxygen atoms in total. The van der Waals surface area contributed by atoms with Crippen LogP contribution in [0.3, 0.4) is 0 Å². The van der Waals surface area contributed by atoms with Crippen LogP contribution >= 0.6 is 12.4 Å². The van der Waals surface area contributed by atoms with Gasteiger partial charge in [-0.15, -0.1) is 12.4 Å². The lowest BCUT2D eigenvalue weighted by Gasteiger charge is -2.35. The van der Waals surface area contributed by atoms with E-state index in [1.165, 1.54) is 32.4 Å². The van der Waals surface area contributed by atoms with Gasteiger partial charge in [-0.05, 0) is 64.1 Å². The van der Waals surface area contributed by atoms with Crippen LogP contribution in [0.1, 0.15) is 53.9 Å². The summed E-state index contributed by atoms with van der Waals surface area (Å²) < 4.78 is 0. The van der Waals surface area contributed by atoms with Gasteiger partial charge in [0.2, 0.25) is 0 Å². The molecule has 0 aromatic carbocycles. The lowest BCUT2D eigenvalue weighted by Crippen LogP contribution is -2.46. The minimum atomic E-state index is 0. The second kappa shape index (κ2) is 6.96. The Morgan fingerprint density at radius 2 is 1.82 bits per heavy atom. The van der Waals surface area contributed by atoms with E-state index in [0.717, 1.165) is 12.5 Å². The van der Waals surface area contributed by atoms with E-state index in [2.05, 4.69) is 45.3 Å². The summed E-state index contributed by atoms with van der Waals surface area (Å²) in [7, 11) is 0. The number of hydrogen-bond donors (Lipinski definition) is 2. The summed E-state index contributed by atoms with van der Waals surface area (Å²) >= 11 is 0. The van der Waals surface area contributed by atoms with Gasteiger partial charge in [-0.2, -0.15) is 0 Å². The maximum absolute atomic E-state index is 3.75. The lowest BCUT2D eigenvalue weighted by atomic mass is 9.81. The monoisotopic (exact) mass is 262 g/mol. The first-order valence-corrected chi connectivity index (χ1v) is 6.74. The summed E-state index contributed by atoms with van der Waals surface area (Å²) in [5.41, 5.74) is 0.664. The van der Waals surface area contributed by atoms with Gasteiger partial charge < -0.3 is 10.6 Å². The molecule has 1 unspecified atom stereocenters. The van der Waals surface area contributed by atoms with Gasteiger partial charge >= 0.3 is 0 Å². The van der Waals surface area contributed by atoms with Crippen LogP contribution in [0, 0.1) is 11.3 Å². The Morgan fingerprint density at radius 3 is 2.29 bits per heavy atom. The van der Waals surface area contributed by atoms with Crippen LogP contribution in [0.25, 0.3) is 0 Å². The van der Waals surface area contributed by atoms with Crippen molar-refractivity contribution in [2.24, 2.45) is 11.3 Å². The average Bonchev–Trinajstić information content (AvgIpc) is 2.13. The van der Waals surface area contributed by atoms with Crippen LogP contribution in [0.2, 0.25) is 0 Å². The average molecular weight is 263 g/mol. The zero-order valence-electron chi connectivity index (χ0n) is 12.2. The Morgan fingerprint density at radius 1 is 1.18 bits per heavy atom. The van der Waals surface area contributed by atoms with Gasteiger partial charge in [-0.25, -0.2) is 0 Å². The predicted molar refractivity (Wildman–Crippen MR) is 79.0 cm³/mol. The molecular weight excluding hydrogens is 232 g/mol. The molecule has 1 aliphatic heterocycles. The third kappa shape index (κ3) is 8.01. The van der Waals surface area contributed by atoms with E-state index in [9.17, 15) is 0 Å². The summed E-state index contributed by atoms with van der Waals surface area (Å²) in [4.78, 5) is 0. The molecule has 104 valence electrons. The van der Waals surface area contributed by atoms with Crippen molar-refractivity contribution in [3.05, 3.63) is 0 Å². The topological polar surface area (TPSA) is 24.1 Å². The van der Waals surface area contributed by atoms with Crippen LogP contribution in [0.5, 0.6) is 0 Å². The Kier molecular flexibility index (Phi) is 7.05. The molecule has 1 saturated heterocycles. The smallest absolute Gasteiger partial charge is 0.0130 e. The molecule has 1 heterocycles. The summed E-state index contributed by atoms with van der Waals surface area (Å²) in [6.45, 7) is 15.2. The van der Waals surface area contributed by atoms with E-state index in [-0.39, 0.29) is 17.9 Å². The molecule has 1 aliphatic rings. The normalized spacial score (nSPS) is 22.1. The highest BCUT2D eigenvalue weighted by Crippen LogP contribution is 2.27. The fourth-order valence-electron chi connectivity index (χ4n) is 2.91. The third-order valence-electron chi connectivity index (χ3n) is 3.24. The Labute approximate surface area is 114 Å². The van der Waals surface area contributed by atoms with Crippen LogP contribution in [0.15, 0.2) is 0 Å². The third-order valence-corrected chi connectivity index (χ3v) is 3.24. The van der Waals surface area contributed by atoms with Crippen molar-refractivity contribution in [1.29, 1.82) is 0 Å². The van der Waals surface area contributed by atoms with Gasteiger partial charge in [0.1, 0.15) is 0 Å². The van der Waals surface area contributed by atoms with Crippen molar-refractivity contribution in [3.63, 3.8) is 0 Å². The van der Waals surface area contributed by atoms with Crippen LogP contribution in [-0.2, 0) is 0 Å². The Bertz CT molecular complexity index is 203. The van der Waals surface area contributed by atoms with E-state index in [4.69, 9.17) is 0 Å². The second-order valence-corrected chi connectivity index (χ2v) is 7.21. The second-order valence-electron chi connectivity index (χ2n) is 7.21. The highest BCUT2D eigenvalue weighted by atomic mass is 35.5. The molecule has 1 rings (SSSR count). The molecule has 0 radical (unpaired) electrons. The number of nitrogens with one attached hydrogen (secondary N) is 2. The highest BCUT2D eigenvalue weighted by molar-refractivity contribution is 5.85. The van der Waals surface area contributed by atoms with Crippen LogP contribution in [0.4, 0.5) is 0 Å².